The van der Waals surface area contributed by atoms with Crippen LogP contribution in [0.25, 0.3) is 11.0 Å². The summed E-state index contributed by atoms with van der Waals surface area (Å²) >= 11 is 11.6. The van der Waals surface area contributed by atoms with Crippen LogP contribution in [0.1, 0.15) is 39.2 Å². The van der Waals surface area contributed by atoms with Crippen molar-refractivity contribution in [2.75, 3.05) is 0 Å². The van der Waals surface area contributed by atoms with E-state index >= 15 is 0 Å². The van der Waals surface area contributed by atoms with Crippen LogP contribution in [-0.4, -0.2) is 9.55 Å². The summed E-state index contributed by atoms with van der Waals surface area (Å²) in [7, 11) is 0. The molecule has 18 heavy (non-hydrogen) atoms. The van der Waals surface area contributed by atoms with Crippen molar-refractivity contribution in [1.29, 1.82) is 0 Å². The summed E-state index contributed by atoms with van der Waals surface area (Å²) in [4.78, 5) is 3.28. The molecule has 1 aliphatic carbocycles. The van der Waals surface area contributed by atoms with Crippen molar-refractivity contribution in [3.05, 3.63) is 28.0 Å². The summed E-state index contributed by atoms with van der Waals surface area (Å²) < 4.78 is 3.07. The van der Waals surface area contributed by atoms with Gasteiger partial charge in [0, 0.05) is 11.1 Å². The SMILES string of the molecule is CC1(C)CCC(n2c(=S)[nH]c3ccc(Cl)cc32)C1. The monoisotopic (exact) mass is 280 g/mol. The lowest BCUT2D eigenvalue weighted by atomic mass is 9.92. The molecule has 1 atom stereocenters. The molecule has 0 bridgehead atoms. The minimum absolute atomic E-state index is 0.418. The molecule has 2 aromatic rings. The van der Waals surface area contributed by atoms with E-state index in [1.54, 1.807) is 0 Å². The molecule has 0 aliphatic heterocycles. The Morgan fingerprint density at radius 3 is 2.89 bits per heavy atom. The fraction of sp³-hybridized carbons (Fsp3) is 0.500. The lowest BCUT2D eigenvalue weighted by molar-refractivity contribution is 0.360. The smallest absolute Gasteiger partial charge is 0.178 e. The largest absolute Gasteiger partial charge is 0.331 e. The van der Waals surface area contributed by atoms with Crippen molar-refractivity contribution in [1.82, 2.24) is 9.55 Å². The molecule has 3 rings (SSSR count). The van der Waals surface area contributed by atoms with Gasteiger partial charge in [0.15, 0.2) is 4.77 Å². The van der Waals surface area contributed by atoms with Crippen molar-refractivity contribution in [3.8, 4) is 0 Å². The van der Waals surface area contributed by atoms with Gasteiger partial charge in [-0.15, -0.1) is 0 Å². The van der Waals surface area contributed by atoms with Crippen molar-refractivity contribution in [3.63, 3.8) is 0 Å². The highest BCUT2D eigenvalue weighted by Gasteiger charge is 2.32. The van der Waals surface area contributed by atoms with Gasteiger partial charge in [-0.25, -0.2) is 0 Å². The van der Waals surface area contributed by atoms with Gasteiger partial charge in [0.1, 0.15) is 0 Å². The van der Waals surface area contributed by atoms with Crippen molar-refractivity contribution in [2.24, 2.45) is 5.41 Å². The Kier molecular flexibility index (Phi) is 2.79. The molecule has 1 aromatic heterocycles. The number of nitrogens with one attached hydrogen (secondary N) is 1. The van der Waals surface area contributed by atoms with E-state index in [1.807, 2.05) is 18.2 Å². The van der Waals surface area contributed by atoms with E-state index in [-0.39, 0.29) is 0 Å². The number of hydrogen-bond acceptors (Lipinski definition) is 1. The molecule has 4 heteroatoms. The summed E-state index contributed by atoms with van der Waals surface area (Å²) in [6.07, 6.45) is 3.63. The van der Waals surface area contributed by atoms with Crippen LogP contribution in [0.4, 0.5) is 0 Å². The maximum absolute atomic E-state index is 6.10. The molecule has 1 N–H and O–H groups in total. The highest BCUT2D eigenvalue weighted by atomic mass is 35.5. The molecule has 1 fully saturated rings. The minimum Gasteiger partial charge on any atom is -0.331 e. The third-order valence-electron chi connectivity index (χ3n) is 3.99. The van der Waals surface area contributed by atoms with Gasteiger partial charge in [0.25, 0.3) is 0 Å². The maximum atomic E-state index is 6.10. The Balaban J connectivity index is 2.14. The van der Waals surface area contributed by atoms with Crippen molar-refractivity contribution in [2.45, 2.75) is 39.2 Å². The number of imidazole rings is 1. The van der Waals surface area contributed by atoms with Crippen LogP contribution in [-0.2, 0) is 0 Å². The van der Waals surface area contributed by atoms with Crippen LogP contribution in [0.2, 0.25) is 5.02 Å². The average molecular weight is 281 g/mol. The molecule has 0 saturated heterocycles. The quantitative estimate of drug-likeness (QED) is 0.721. The van der Waals surface area contributed by atoms with E-state index in [4.69, 9.17) is 23.8 Å². The molecule has 2 nitrogen and oxygen atoms in total. The molecule has 0 spiro atoms. The highest BCUT2D eigenvalue weighted by molar-refractivity contribution is 7.71. The minimum atomic E-state index is 0.418. The zero-order valence-corrected chi connectivity index (χ0v) is 12.2. The number of fused-ring (bicyclic) bond motifs is 1. The van der Waals surface area contributed by atoms with E-state index in [9.17, 15) is 0 Å². The summed E-state index contributed by atoms with van der Waals surface area (Å²) in [5.41, 5.74) is 2.63. The number of hydrogen-bond donors (Lipinski definition) is 1. The number of rotatable bonds is 1. The fourth-order valence-corrected chi connectivity index (χ4v) is 3.60. The topological polar surface area (TPSA) is 20.7 Å². The van der Waals surface area contributed by atoms with E-state index in [0.717, 1.165) is 20.8 Å². The van der Waals surface area contributed by atoms with Gasteiger partial charge in [-0.3, -0.25) is 0 Å². The Morgan fingerprint density at radius 1 is 1.44 bits per heavy atom. The second-order valence-corrected chi connectivity index (χ2v) is 6.85. The summed E-state index contributed by atoms with van der Waals surface area (Å²) in [5, 5.41) is 0.766. The molecule has 1 aromatic carbocycles. The Hall–Kier alpha value is -0.800. The van der Waals surface area contributed by atoms with E-state index in [0.29, 0.717) is 11.5 Å². The third-order valence-corrected chi connectivity index (χ3v) is 4.52. The lowest BCUT2D eigenvalue weighted by Crippen LogP contribution is -2.09. The second-order valence-electron chi connectivity index (χ2n) is 6.02. The summed E-state index contributed by atoms with van der Waals surface area (Å²) in [6, 6.07) is 6.41. The van der Waals surface area contributed by atoms with Crippen LogP contribution in [0.15, 0.2) is 18.2 Å². The number of H-pyrrole nitrogens is 1. The van der Waals surface area contributed by atoms with Crippen LogP contribution in [0.5, 0.6) is 0 Å². The van der Waals surface area contributed by atoms with Crippen LogP contribution < -0.4 is 0 Å². The van der Waals surface area contributed by atoms with Gasteiger partial charge in [0.05, 0.1) is 11.0 Å². The van der Waals surface area contributed by atoms with E-state index < -0.39 is 0 Å². The predicted molar refractivity (Wildman–Crippen MR) is 78.8 cm³/mol. The molecule has 0 radical (unpaired) electrons. The zero-order valence-electron chi connectivity index (χ0n) is 10.7. The molecule has 96 valence electrons. The molecule has 1 unspecified atom stereocenters. The highest BCUT2D eigenvalue weighted by Crippen LogP contribution is 2.44. The van der Waals surface area contributed by atoms with Gasteiger partial charge in [0.2, 0.25) is 0 Å². The molecular formula is C14H17ClN2S. The fourth-order valence-electron chi connectivity index (χ4n) is 3.08. The van der Waals surface area contributed by atoms with Crippen LogP contribution in [0, 0.1) is 10.2 Å². The first-order chi connectivity index (χ1) is 8.46. The average Bonchev–Trinajstić information content (AvgIpc) is 2.77. The Bertz CT molecular complexity index is 653. The van der Waals surface area contributed by atoms with Crippen LogP contribution in [0.3, 0.4) is 0 Å². The van der Waals surface area contributed by atoms with Crippen LogP contribution >= 0.6 is 23.8 Å². The molecular weight excluding hydrogens is 264 g/mol. The summed E-state index contributed by atoms with van der Waals surface area (Å²) in [5.74, 6) is 0. The lowest BCUT2D eigenvalue weighted by Gasteiger charge is -2.18. The molecule has 1 heterocycles. The van der Waals surface area contributed by atoms with E-state index in [1.165, 1.54) is 19.3 Å². The molecule has 1 saturated carbocycles. The van der Waals surface area contributed by atoms with Gasteiger partial charge < -0.3 is 9.55 Å². The number of halogens is 1. The molecule has 1 aliphatic rings. The van der Waals surface area contributed by atoms with Crippen molar-refractivity contribution < 1.29 is 0 Å². The summed E-state index contributed by atoms with van der Waals surface area (Å²) in [6.45, 7) is 4.66. The Labute approximate surface area is 117 Å². The van der Waals surface area contributed by atoms with Crippen molar-refractivity contribution >= 4 is 34.9 Å². The first-order valence-corrected chi connectivity index (χ1v) is 7.15. The third kappa shape index (κ3) is 1.99. The van der Waals surface area contributed by atoms with E-state index in [2.05, 4.69) is 23.4 Å². The zero-order chi connectivity index (χ0) is 12.9. The van der Waals surface area contributed by atoms with Gasteiger partial charge >= 0.3 is 0 Å². The first kappa shape index (κ1) is 12.2. The number of aromatic nitrogens is 2. The predicted octanol–water partition coefficient (Wildman–Crippen LogP) is 5.10. The number of nitrogens with zero attached hydrogens (tertiary/aromatic N) is 1. The van der Waals surface area contributed by atoms with Gasteiger partial charge in [-0.2, -0.15) is 0 Å². The Morgan fingerprint density at radius 2 is 2.22 bits per heavy atom. The second kappa shape index (κ2) is 4.10. The molecule has 0 amide bonds. The standard InChI is InChI=1S/C14H17ClN2S/c1-14(2)6-5-10(8-14)17-12-7-9(15)3-4-11(12)16-13(17)18/h3-4,7,10H,5-6,8H2,1-2H3,(H,16,18). The first-order valence-electron chi connectivity index (χ1n) is 6.36. The maximum Gasteiger partial charge on any atom is 0.178 e. The number of benzene rings is 1. The normalized spacial score (nSPS) is 22.7. The van der Waals surface area contributed by atoms with Gasteiger partial charge in [-0.1, -0.05) is 25.4 Å². The van der Waals surface area contributed by atoms with Gasteiger partial charge in [-0.05, 0) is 55.1 Å². The number of aromatic amines is 1.